The van der Waals surface area contributed by atoms with Crippen LogP contribution in [0.4, 0.5) is 0 Å². The van der Waals surface area contributed by atoms with Gasteiger partial charge in [0.1, 0.15) is 0 Å². The van der Waals surface area contributed by atoms with Crippen molar-refractivity contribution < 1.29 is 0 Å². The normalized spacial score (nSPS) is 11.9. The molecule has 0 spiro atoms. The van der Waals surface area contributed by atoms with E-state index in [2.05, 4.69) is 552 Å². The molecule has 28 aromatic rings. The Balaban J connectivity index is 0.0000000916. The molecule has 1 aliphatic carbocycles. The summed E-state index contributed by atoms with van der Waals surface area (Å²) in [6.07, 6.45) is 0. The summed E-state index contributed by atoms with van der Waals surface area (Å²) in [6, 6.07) is 182. The first-order valence-corrected chi connectivity index (χ1v) is 49.0. The van der Waals surface area contributed by atoms with Gasteiger partial charge in [-0.05, 0) is 304 Å². The number of fused-ring (bicyclic) bond motifs is 17. The monoisotopic (exact) mass is 1780 g/mol. The van der Waals surface area contributed by atoms with Gasteiger partial charge in [-0.15, -0.1) is 0 Å². The smallest absolute Gasteiger partial charge is 0.0435 e. The minimum atomic E-state index is -0.0472. The highest BCUT2D eigenvalue weighted by atomic mass is 14.4. The zero-order chi connectivity index (χ0) is 94.5. The molecule has 664 valence electrons. The van der Waals surface area contributed by atoms with Crippen LogP contribution in [0.2, 0.25) is 0 Å². The average Bonchev–Trinajstić information content (AvgIpc) is 1.64. The van der Waals surface area contributed by atoms with E-state index in [-0.39, 0.29) is 5.41 Å². The second kappa shape index (κ2) is 37.1. The average molecular weight is 1790 g/mol. The second-order valence-electron chi connectivity index (χ2n) is 37.9. The van der Waals surface area contributed by atoms with Gasteiger partial charge in [0.2, 0.25) is 0 Å². The largest absolute Gasteiger partial charge is 0.0622 e. The molecule has 0 amide bonds. The maximum absolute atomic E-state index is 2.34. The van der Waals surface area contributed by atoms with Crippen molar-refractivity contribution in [3.05, 3.63) is 554 Å². The Labute approximate surface area is 818 Å². The fourth-order valence-electron chi connectivity index (χ4n) is 22.7. The van der Waals surface area contributed by atoms with E-state index < -0.39 is 0 Å². The molecular weight excluding hydrogens is 1680 g/mol. The van der Waals surface area contributed by atoms with Crippen LogP contribution in [-0.2, 0) is 5.41 Å². The van der Waals surface area contributed by atoms with E-state index in [9.17, 15) is 0 Å². The summed E-state index contributed by atoms with van der Waals surface area (Å²) < 4.78 is 0. The number of aryl methyl sites for hydroxylation is 6. The SMILES string of the molecule is CC1(c2ccccc2)c2ccccc2-c2ccccc21.Cc1c2ccccc2c(-c2ccccc2)c2ccccc12.Cc1cc2c3ccccc3ccc2c2ccccc12.Cc1cc2cccc3ccc4cccc1c4c32.Cc1ccc2c(-c3ccccc3)c3ccccc3c(-c3ccccc3)c2c1.Cc1ccc2c(ccc3c4ccccc4ccc23)c1.Cc1ccc2ccc3cccc4ccc1c2c34. The van der Waals surface area contributed by atoms with Gasteiger partial charge in [0.15, 0.2) is 0 Å². The van der Waals surface area contributed by atoms with E-state index in [4.69, 9.17) is 0 Å². The molecule has 0 atom stereocenters. The van der Waals surface area contributed by atoms with Gasteiger partial charge >= 0.3 is 0 Å². The Bertz CT molecular complexity index is 9390. The lowest BCUT2D eigenvalue weighted by Gasteiger charge is -2.28. The lowest BCUT2D eigenvalue weighted by atomic mass is 9.74. The molecular formula is C140H104. The van der Waals surface area contributed by atoms with Crippen LogP contribution in [0.5, 0.6) is 0 Å². The number of benzene rings is 28. The third-order valence-electron chi connectivity index (χ3n) is 29.5. The molecule has 0 fully saturated rings. The fourth-order valence-corrected chi connectivity index (χ4v) is 22.7. The summed E-state index contributed by atoms with van der Waals surface area (Å²) in [4.78, 5) is 0. The van der Waals surface area contributed by atoms with Crippen molar-refractivity contribution in [2.45, 2.75) is 53.9 Å². The Kier molecular flexibility index (Phi) is 23.1. The first kappa shape index (κ1) is 86.9. The maximum Gasteiger partial charge on any atom is 0.0435 e. The van der Waals surface area contributed by atoms with Gasteiger partial charge in [-0.1, -0.05) is 515 Å². The summed E-state index contributed by atoms with van der Waals surface area (Å²) in [5.74, 6) is 0. The van der Waals surface area contributed by atoms with Crippen molar-refractivity contribution in [3.8, 4) is 44.5 Å². The van der Waals surface area contributed by atoms with Gasteiger partial charge in [-0.2, -0.15) is 0 Å². The highest BCUT2D eigenvalue weighted by Crippen LogP contribution is 2.53. The van der Waals surface area contributed by atoms with Gasteiger partial charge in [-0.3, -0.25) is 0 Å². The molecule has 0 unspecified atom stereocenters. The van der Waals surface area contributed by atoms with Gasteiger partial charge in [0.05, 0.1) is 0 Å². The van der Waals surface area contributed by atoms with Gasteiger partial charge < -0.3 is 0 Å². The third kappa shape index (κ3) is 15.8. The third-order valence-corrected chi connectivity index (χ3v) is 29.5. The Morgan fingerprint density at radius 2 is 0.443 bits per heavy atom. The summed E-state index contributed by atoms with van der Waals surface area (Å²) in [5.41, 5.74) is 22.7. The van der Waals surface area contributed by atoms with Crippen molar-refractivity contribution in [1.29, 1.82) is 0 Å². The molecule has 0 saturated carbocycles. The molecule has 0 heteroatoms. The van der Waals surface area contributed by atoms with Crippen molar-refractivity contribution >= 4 is 172 Å². The van der Waals surface area contributed by atoms with Crippen LogP contribution < -0.4 is 0 Å². The molecule has 0 nitrogen and oxygen atoms in total. The molecule has 29 rings (SSSR count). The second-order valence-corrected chi connectivity index (χ2v) is 37.9. The predicted octanol–water partition coefficient (Wildman–Crippen LogP) is 39.3. The molecule has 0 saturated heterocycles. The zero-order valence-electron chi connectivity index (χ0n) is 79.9. The summed E-state index contributed by atoms with van der Waals surface area (Å²) >= 11 is 0. The van der Waals surface area contributed by atoms with Gasteiger partial charge in [0.25, 0.3) is 0 Å². The minimum Gasteiger partial charge on any atom is -0.0622 e. The zero-order valence-corrected chi connectivity index (χ0v) is 79.9. The Morgan fingerprint density at radius 1 is 0.150 bits per heavy atom. The van der Waals surface area contributed by atoms with Crippen molar-refractivity contribution in [1.82, 2.24) is 0 Å². The van der Waals surface area contributed by atoms with Crippen LogP contribution in [0.25, 0.3) is 217 Å². The number of hydrogen-bond donors (Lipinski definition) is 0. The Morgan fingerprint density at radius 3 is 0.971 bits per heavy atom. The molecule has 1 aliphatic rings. The lowest BCUT2D eigenvalue weighted by Crippen LogP contribution is -2.22. The molecule has 0 aliphatic heterocycles. The van der Waals surface area contributed by atoms with Crippen LogP contribution in [0.15, 0.2) is 504 Å². The lowest BCUT2D eigenvalue weighted by molar-refractivity contribution is 0.714. The van der Waals surface area contributed by atoms with Crippen LogP contribution in [0, 0.1) is 41.5 Å². The van der Waals surface area contributed by atoms with Crippen LogP contribution >= 0.6 is 0 Å². The quantitative estimate of drug-likeness (QED) is 0.122. The Hall–Kier alpha value is -17.2. The van der Waals surface area contributed by atoms with E-state index in [0.29, 0.717) is 0 Å². The topological polar surface area (TPSA) is 0 Å². The maximum atomic E-state index is 2.34. The van der Waals surface area contributed by atoms with Crippen LogP contribution in [-0.4, -0.2) is 0 Å². The molecule has 0 N–H and O–H groups in total. The first-order valence-electron chi connectivity index (χ1n) is 49.0. The molecule has 0 aromatic heterocycles. The molecule has 28 aromatic carbocycles. The molecule has 0 bridgehead atoms. The highest BCUT2D eigenvalue weighted by molar-refractivity contribution is 6.27. The summed E-state index contributed by atoms with van der Waals surface area (Å²) in [7, 11) is 0. The van der Waals surface area contributed by atoms with Crippen LogP contribution in [0.1, 0.15) is 57.0 Å². The van der Waals surface area contributed by atoms with E-state index >= 15 is 0 Å². The fraction of sp³-hybridized carbons (Fsp3) is 0.0571. The van der Waals surface area contributed by atoms with E-state index in [1.165, 1.54) is 267 Å². The van der Waals surface area contributed by atoms with E-state index in [1.807, 2.05) is 0 Å². The number of rotatable bonds is 4. The minimum absolute atomic E-state index is 0.0472. The van der Waals surface area contributed by atoms with Gasteiger partial charge in [0, 0.05) is 5.41 Å². The summed E-state index contributed by atoms with van der Waals surface area (Å²) in [5, 5.41) is 43.1. The molecule has 0 radical (unpaired) electrons. The van der Waals surface area contributed by atoms with Crippen molar-refractivity contribution in [2.24, 2.45) is 0 Å². The summed E-state index contributed by atoms with van der Waals surface area (Å²) in [6.45, 7) is 15.5. The van der Waals surface area contributed by atoms with E-state index in [0.717, 1.165) is 0 Å². The molecule has 0 heterocycles. The van der Waals surface area contributed by atoms with Crippen LogP contribution in [0.3, 0.4) is 0 Å². The number of hydrogen-bond acceptors (Lipinski definition) is 0. The predicted molar refractivity (Wildman–Crippen MR) is 610 cm³/mol. The standard InChI is InChI=1S/C27H20.C21H16.C20H16.2C19H14.2C17H12/c1-19-16-17-24-25(18-19)27(21-12-6-3-7-13-21)23-15-9-8-14-22(23)26(24)20-10-4-2-5-11-20;1-15-17-11-5-7-13-19(17)21(16-9-3-2-4-10-16)20-14-8-6-12-18(15)20;1-20(15-9-3-2-4-10-15)18-13-7-5-11-16(18)17-12-6-8-14-19(17)20;1-13-12-19-16-8-3-2-6-14(16)10-11-18(19)17-9-5-4-7-15(13)17;1-13-6-9-17-15(12-13)8-11-18-16-5-3-2-4-14(16)7-10-19(17)18;1-11-10-14-6-2-4-12-8-9-13-5-3-7-15(11)17(13)16(12)14;1-11-5-6-14-8-7-12-3-2-4-13-9-10-15(11)17(14)16(12)13/h2-18H,1H3;2-14H,1H3;2-14H,1H3;2*2-12H,1H3;2*2-10H,1H3. The van der Waals surface area contributed by atoms with E-state index in [1.54, 1.807) is 0 Å². The van der Waals surface area contributed by atoms with Crippen molar-refractivity contribution in [3.63, 3.8) is 0 Å². The van der Waals surface area contributed by atoms with Gasteiger partial charge in [-0.25, -0.2) is 0 Å². The highest BCUT2D eigenvalue weighted by Gasteiger charge is 2.40. The molecule has 140 heavy (non-hydrogen) atoms. The first-order chi connectivity index (χ1) is 68.9. The van der Waals surface area contributed by atoms with Crippen molar-refractivity contribution in [2.75, 3.05) is 0 Å².